The molecule has 3 atom stereocenters. The number of hydrogen-bond acceptors (Lipinski definition) is 9. The first-order valence-corrected chi connectivity index (χ1v) is 15.8. The number of morpholine rings is 1. The summed E-state index contributed by atoms with van der Waals surface area (Å²) in [5.41, 5.74) is 3.30. The smallest absolute Gasteiger partial charge is 0.318 e. The second kappa shape index (κ2) is 12.4. The topological polar surface area (TPSA) is 98.1 Å². The summed E-state index contributed by atoms with van der Waals surface area (Å²) in [6, 6.07) is 17.9. The molecule has 3 fully saturated rings. The molecule has 0 N–H and O–H groups in total. The van der Waals surface area contributed by atoms with Gasteiger partial charge in [-0.05, 0) is 36.8 Å². The first-order valence-electron chi connectivity index (χ1n) is 15.8. The molecule has 10 nitrogen and oxygen atoms in total. The van der Waals surface area contributed by atoms with Gasteiger partial charge in [0.15, 0.2) is 0 Å². The molecule has 3 unspecified atom stereocenters. The fraction of sp³-hybridized carbons (Fsp3) is 0.471. The molecule has 0 aliphatic carbocycles. The fourth-order valence-corrected chi connectivity index (χ4v) is 7.32. The van der Waals surface area contributed by atoms with E-state index in [2.05, 4.69) is 69.8 Å². The first-order chi connectivity index (χ1) is 21.6. The van der Waals surface area contributed by atoms with Gasteiger partial charge in [-0.25, -0.2) is 0 Å². The van der Waals surface area contributed by atoms with Crippen molar-refractivity contribution in [2.24, 2.45) is 0 Å². The molecule has 0 radical (unpaired) electrons. The van der Waals surface area contributed by atoms with Crippen molar-refractivity contribution in [3.05, 3.63) is 66.4 Å². The van der Waals surface area contributed by atoms with Crippen LogP contribution < -0.4 is 14.5 Å². The van der Waals surface area contributed by atoms with Crippen LogP contribution in [0.4, 0.5) is 11.5 Å². The molecule has 1 amide bonds. The van der Waals surface area contributed by atoms with Gasteiger partial charge in [0.25, 0.3) is 0 Å². The molecule has 5 heterocycles. The number of amides is 1. The van der Waals surface area contributed by atoms with Crippen molar-refractivity contribution in [3.8, 4) is 12.1 Å². The van der Waals surface area contributed by atoms with E-state index in [1.54, 1.807) is 4.90 Å². The number of ether oxygens (including phenoxy) is 2. The van der Waals surface area contributed by atoms with Crippen LogP contribution in [0.2, 0.25) is 0 Å². The van der Waals surface area contributed by atoms with Gasteiger partial charge >= 0.3 is 6.01 Å². The third-order valence-electron chi connectivity index (χ3n) is 9.53. The van der Waals surface area contributed by atoms with E-state index in [0.29, 0.717) is 50.9 Å². The Balaban J connectivity index is 1.14. The van der Waals surface area contributed by atoms with E-state index in [4.69, 9.17) is 19.4 Å². The second-order valence-corrected chi connectivity index (χ2v) is 12.2. The standard InChI is InChI=1S/C34H39N7O3/c1-2-32(42)41-17-16-40(20-25(41)11-13-35)33-29-12-15-39(31-10-5-8-24-7-3-4-9-28(24)31)22-30(29)36-34(37-33)43-18-6-14-38-21-27-19-26(38)23-44-27/h2-5,7-10,25-27H,1,6,11-12,14-23H2. The quantitative estimate of drug-likeness (QED) is 0.273. The highest BCUT2D eigenvalue weighted by atomic mass is 16.5. The summed E-state index contributed by atoms with van der Waals surface area (Å²) >= 11 is 0. The molecule has 3 aromatic rings. The Kier molecular flexibility index (Phi) is 8.07. The average Bonchev–Trinajstić information content (AvgIpc) is 3.69. The zero-order valence-electron chi connectivity index (χ0n) is 25.1. The van der Waals surface area contributed by atoms with Crippen molar-refractivity contribution in [1.29, 1.82) is 5.26 Å². The highest BCUT2D eigenvalue weighted by Crippen LogP contribution is 2.35. The van der Waals surface area contributed by atoms with E-state index in [1.807, 2.05) is 0 Å². The van der Waals surface area contributed by atoms with Crippen LogP contribution in [0.25, 0.3) is 10.8 Å². The number of fused-ring (bicyclic) bond motifs is 4. The maximum atomic E-state index is 12.5. The number of hydrogen-bond donors (Lipinski definition) is 0. The lowest BCUT2D eigenvalue weighted by atomic mass is 10.0. The number of aromatic nitrogens is 2. The summed E-state index contributed by atoms with van der Waals surface area (Å²) < 4.78 is 12.0. The number of nitrogens with zero attached hydrogens (tertiary/aromatic N) is 7. The molecule has 1 aromatic heterocycles. The third-order valence-corrected chi connectivity index (χ3v) is 9.53. The normalized spacial score (nSPS) is 23.1. The monoisotopic (exact) mass is 593 g/mol. The zero-order chi connectivity index (χ0) is 30.0. The molecule has 228 valence electrons. The highest BCUT2D eigenvalue weighted by molar-refractivity contribution is 5.94. The Labute approximate surface area is 258 Å². The predicted octanol–water partition coefficient (Wildman–Crippen LogP) is 3.55. The minimum atomic E-state index is -0.232. The Morgan fingerprint density at radius 1 is 1.11 bits per heavy atom. The summed E-state index contributed by atoms with van der Waals surface area (Å²) in [5.74, 6) is 0.729. The maximum absolute atomic E-state index is 12.5. The average molecular weight is 594 g/mol. The molecular formula is C34H39N7O3. The zero-order valence-corrected chi connectivity index (χ0v) is 25.1. The van der Waals surface area contributed by atoms with Gasteiger partial charge in [-0.15, -0.1) is 0 Å². The van der Waals surface area contributed by atoms with Gasteiger partial charge in [-0.1, -0.05) is 43.0 Å². The molecule has 3 saturated heterocycles. The van der Waals surface area contributed by atoms with Gasteiger partial charge in [0.2, 0.25) is 5.91 Å². The lowest BCUT2D eigenvalue weighted by molar-refractivity contribution is -0.128. The van der Waals surface area contributed by atoms with Crippen LogP contribution in [0, 0.1) is 11.3 Å². The van der Waals surface area contributed by atoms with Gasteiger partial charge in [0.1, 0.15) is 5.82 Å². The third kappa shape index (κ3) is 5.58. The fourth-order valence-electron chi connectivity index (χ4n) is 7.32. The van der Waals surface area contributed by atoms with Crippen LogP contribution in [0.1, 0.15) is 30.5 Å². The summed E-state index contributed by atoms with van der Waals surface area (Å²) in [5, 5.41) is 12.0. The van der Waals surface area contributed by atoms with Crippen molar-refractivity contribution in [1.82, 2.24) is 19.8 Å². The van der Waals surface area contributed by atoms with Crippen molar-refractivity contribution in [3.63, 3.8) is 0 Å². The van der Waals surface area contributed by atoms with E-state index in [-0.39, 0.29) is 18.4 Å². The number of carbonyl (C=O) groups excluding carboxylic acids is 1. The van der Waals surface area contributed by atoms with E-state index in [1.165, 1.54) is 22.5 Å². The number of rotatable bonds is 9. The molecule has 0 saturated carbocycles. The molecule has 0 spiro atoms. The number of benzene rings is 2. The van der Waals surface area contributed by atoms with Crippen LogP contribution in [0.5, 0.6) is 6.01 Å². The largest absolute Gasteiger partial charge is 0.463 e. The van der Waals surface area contributed by atoms with Gasteiger partial charge < -0.3 is 24.2 Å². The van der Waals surface area contributed by atoms with E-state index < -0.39 is 0 Å². The van der Waals surface area contributed by atoms with Crippen LogP contribution >= 0.6 is 0 Å². The molecule has 10 heteroatoms. The van der Waals surface area contributed by atoms with E-state index in [0.717, 1.165) is 62.6 Å². The minimum absolute atomic E-state index is 0.137. The second-order valence-electron chi connectivity index (χ2n) is 12.2. The molecule has 7 rings (SSSR count). The summed E-state index contributed by atoms with van der Waals surface area (Å²) in [6.45, 7) is 10.2. The summed E-state index contributed by atoms with van der Waals surface area (Å²) in [6.07, 6.45) is 4.82. The lowest BCUT2D eigenvalue weighted by Crippen LogP contribution is -2.55. The van der Waals surface area contributed by atoms with Crippen molar-refractivity contribution < 1.29 is 14.3 Å². The van der Waals surface area contributed by atoms with Crippen molar-refractivity contribution >= 4 is 28.2 Å². The van der Waals surface area contributed by atoms with Gasteiger partial charge in [-0.3, -0.25) is 9.69 Å². The Bertz CT molecular complexity index is 1580. The Morgan fingerprint density at radius 2 is 2.00 bits per heavy atom. The maximum Gasteiger partial charge on any atom is 0.318 e. The molecule has 4 aliphatic rings. The molecule has 2 aromatic carbocycles. The first kappa shape index (κ1) is 28.6. The van der Waals surface area contributed by atoms with Gasteiger partial charge in [-0.2, -0.15) is 15.2 Å². The van der Waals surface area contributed by atoms with Crippen LogP contribution in [-0.4, -0.2) is 96.3 Å². The number of carbonyl (C=O) groups is 1. The van der Waals surface area contributed by atoms with Crippen molar-refractivity contribution in [2.75, 3.05) is 62.3 Å². The van der Waals surface area contributed by atoms with Crippen LogP contribution in [0.15, 0.2) is 55.1 Å². The van der Waals surface area contributed by atoms with Crippen molar-refractivity contribution in [2.45, 2.75) is 50.4 Å². The van der Waals surface area contributed by atoms with E-state index >= 15 is 0 Å². The minimum Gasteiger partial charge on any atom is -0.463 e. The predicted molar refractivity (Wildman–Crippen MR) is 169 cm³/mol. The SMILES string of the molecule is C=CC(=O)N1CCN(c2nc(OCCCN3CC4CC3CO4)nc3c2CCN(c2cccc4ccccc24)C3)CC1CC#N. The van der Waals surface area contributed by atoms with Crippen LogP contribution in [0.3, 0.4) is 0 Å². The molecule has 4 aliphatic heterocycles. The molecular weight excluding hydrogens is 554 g/mol. The Morgan fingerprint density at radius 3 is 2.82 bits per heavy atom. The van der Waals surface area contributed by atoms with E-state index in [9.17, 15) is 10.1 Å². The molecule has 44 heavy (non-hydrogen) atoms. The summed E-state index contributed by atoms with van der Waals surface area (Å²) in [7, 11) is 0. The number of anilines is 2. The van der Waals surface area contributed by atoms with Crippen LogP contribution in [-0.2, 0) is 22.5 Å². The number of likely N-dealkylation sites (tertiary alicyclic amines) is 1. The Hall–Kier alpha value is -4.20. The number of nitriles is 1. The lowest BCUT2D eigenvalue weighted by Gasteiger charge is -2.42. The number of piperazine rings is 1. The van der Waals surface area contributed by atoms with Gasteiger partial charge in [0.05, 0.1) is 50.1 Å². The molecule has 2 bridgehead atoms. The van der Waals surface area contributed by atoms with Gasteiger partial charge in [0, 0.05) is 61.9 Å². The summed E-state index contributed by atoms with van der Waals surface area (Å²) in [4.78, 5) is 31.4. The highest BCUT2D eigenvalue weighted by Gasteiger charge is 2.38.